The lowest BCUT2D eigenvalue weighted by Crippen LogP contribution is -2.06. The highest BCUT2D eigenvalue weighted by atomic mass is 32.1. The van der Waals surface area contributed by atoms with Crippen LogP contribution in [0.15, 0.2) is 24.3 Å². The minimum atomic E-state index is 0.824. The third kappa shape index (κ3) is 1.41. The molecule has 1 aromatic heterocycles. The monoisotopic (exact) mass is 216 g/mol. The van der Waals surface area contributed by atoms with E-state index in [0.717, 1.165) is 5.92 Å². The highest BCUT2D eigenvalue weighted by molar-refractivity contribution is 7.19. The summed E-state index contributed by atoms with van der Waals surface area (Å²) in [7, 11) is 0. The average molecular weight is 216 g/mol. The zero-order chi connectivity index (χ0) is 10.3. The lowest BCUT2D eigenvalue weighted by Gasteiger charge is -2.21. The molecule has 0 amide bonds. The fourth-order valence-corrected chi connectivity index (χ4v) is 4.14. The SMILES string of the molecule is CCC1CCCc2sc3ccccc3c21. The lowest BCUT2D eigenvalue weighted by atomic mass is 9.84. The van der Waals surface area contributed by atoms with Crippen molar-refractivity contribution in [1.29, 1.82) is 0 Å². The second kappa shape index (κ2) is 3.64. The molecule has 0 aliphatic heterocycles. The maximum atomic E-state index is 2.33. The first kappa shape index (κ1) is 9.41. The van der Waals surface area contributed by atoms with Crippen molar-refractivity contribution in [2.45, 2.75) is 38.5 Å². The summed E-state index contributed by atoms with van der Waals surface area (Å²) in [5, 5.41) is 1.53. The zero-order valence-corrected chi connectivity index (χ0v) is 9.94. The Morgan fingerprint density at radius 2 is 2.20 bits per heavy atom. The van der Waals surface area contributed by atoms with Gasteiger partial charge in [0.15, 0.2) is 0 Å². The summed E-state index contributed by atoms with van der Waals surface area (Å²) in [4.78, 5) is 1.66. The third-order valence-electron chi connectivity index (χ3n) is 3.57. The van der Waals surface area contributed by atoms with E-state index in [1.54, 1.807) is 10.4 Å². The minimum absolute atomic E-state index is 0.824. The fourth-order valence-electron chi connectivity index (χ4n) is 2.81. The van der Waals surface area contributed by atoms with Crippen LogP contribution in [0.1, 0.15) is 42.5 Å². The van der Waals surface area contributed by atoms with Crippen molar-refractivity contribution in [3.05, 3.63) is 34.7 Å². The van der Waals surface area contributed by atoms with Gasteiger partial charge in [0.1, 0.15) is 0 Å². The normalized spacial score (nSPS) is 20.5. The molecule has 0 N–H and O–H groups in total. The molecule has 0 nitrogen and oxygen atoms in total. The summed E-state index contributed by atoms with van der Waals surface area (Å²) in [6, 6.07) is 8.91. The van der Waals surface area contributed by atoms with Crippen molar-refractivity contribution in [2.24, 2.45) is 0 Å². The predicted molar refractivity (Wildman–Crippen MR) is 67.8 cm³/mol. The van der Waals surface area contributed by atoms with Crippen molar-refractivity contribution in [2.75, 3.05) is 0 Å². The number of aryl methyl sites for hydroxylation is 1. The molecule has 1 aliphatic carbocycles. The van der Waals surface area contributed by atoms with Gasteiger partial charge in [-0.15, -0.1) is 11.3 Å². The molecule has 1 aliphatic rings. The molecule has 0 saturated carbocycles. The van der Waals surface area contributed by atoms with E-state index in [2.05, 4.69) is 31.2 Å². The van der Waals surface area contributed by atoms with Crippen LogP contribution in [0.5, 0.6) is 0 Å². The van der Waals surface area contributed by atoms with E-state index in [0.29, 0.717) is 0 Å². The Bertz CT molecular complexity index is 481. The van der Waals surface area contributed by atoms with Crippen LogP contribution >= 0.6 is 11.3 Å². The Hall–Kier alpha value is -0.820. The molecular formula is C14H16S. The van der Waals surface area contributed by atoms with Gasteiger partial charge in [0.25, 0.3) is 0 Å². The van der Waals surface area contributed by atoms with E-state index in [-0.39, 0.29) is 0 Å². The highest BCUT2D eigenvalue weighted by Gasteiger charge is 2.22. The summed E-state index contributed by atoms with van der Waals surface area (Å²) >= 11 is 2.02. The molecule has 1 aromatic carbocycles. The number of hydrogen-bond acceptors (Lipinski definition) is 1. The maximum Gasteiger partial charge on any atom is 0.0348 e. The number of thiophene rings is 1. The molecule has 0 bridgehead atoms. The molecule has 15 heavy (non-hydrogen) atoms. The molecule has 0 fully saturated rings. The number of rotatable bonds is 1. The first-order chi connectivity index (χ1) is 7.40. The predicted octanol–water partition coefficient (Wildman–Crippen LogP) is 4.73. The Morgan fingerprint density at radius 3 is 3.07 bits per heavy atom. The molecule has 2 aromatic rings. The fraction of sp³-hybridized carbons (Fsp3) is 0.429. The van der Waals surface area contributed by atoms with Crippen molar-refractivity contribution in [3.8, 4) is 0 Å². The van der Waals surface area contributed by atoms with Crippen molar-refractivity contribution in [3.63, 3.8) is 0 Å². The summed E-state index contributed by atoms with van der Waals surface area (Å²) in [5.74, 6) is 0.824. The van der Waals surface area contributed by atoms with Crippen LogP contribution < -0.4 is 0 Å². The van der Waals surface area contributed by atoms with Crippen LogP contribution in [0.25, 0.3) is 10.1 Å². The van der Waals surface area contributed by atoms with Gasteiger partial charge in [-0.3, -0.25) is 0 Å². The maximum absolute atomic E-state index is 2.33. The number of hydrogen-bond donors (Lipinski definition) is 0. The van der Waals surface area contributed by atoms with Gasteiger partial charge in [0.05, 0.1) is 0 Å². The standard InChI is InChI=1S/C14H16S/c1-2-10-6-5-9-13-14(10)11-7-3-4-8-12(11)15-13/h3-4,7-8,10H,2,5-6,9H2,1H3. The van der Waals surface area contributed by atoms with Crippen molar-refractivity contribution < 1.29 is 0 Å². The molecule has 0 radical (unpaired) electrons. The molecule has 1 atom stereocenters. The van der Waals surface area contributed by atoms with Crippen molar-refractivity contribution >= 4 is 21.4 Å². The molecule has 1 unspecified atom stereocenters. The first-order valence-corrected chi connectivity index (χ1v) is 6.72. The van der Waals surface area contributed by atoms with Gasteiger partial charge in [0.2, 0.25) is 0 Å². The lowest BCUT2D eigenvalue weighted by molar-refractivity contribution is 0.549. The van der Waals surface area contributed by atoms with Crippen molar-refractivity contribution in [1.82, 2.24) is 0 Å². The smallest absolute Gasteiger partial charge is 0.0348 e. The quantitative estimate of drug-likeness (QED) is 0.646. The van der Waals surface area contributed by atoms with E-state index >= 15 is 0 Å². The minimum Gasteiger partial charge on any atom is -0.140 e. The largest absolute Gasteiger partial charge is 0.140 e. The summed E-state index contributed by atoms with van der Waals surface area (Å²) in [5.41, 5.74) is 1.68. The molecule has 1 heterocycles. The van der Waals surface area contributed by atoms with E-state index in [9.17, 15) is 0 Å². The number of fused-ring (bicyclic) bond motifs is 3. The molecular weight excluding hydrogens is 200 g/mol. The Balaban J connectivity index is 2.27. The van der Waals surface area contributed by atoms with Gasteiger partial charge in [-0.1, -0.05) is 25.1 Å². The molecule has 1 heteroatoms. The van der Waals surface area contributed by atoms with Gasteiger partial charge in [-0.05, 0) is 48.6 Å². The van der Waals surface area contributed by atoms with Crippen LogP contribution in [0.3, 0.4) is 0 Å². The Labute approximate surface area is 94.9 Å². The number of benzene rings is 1. The van der Waals surface area contributed by atoms with E-state index in [1.165, 1.54) is 35.8 Å². The summed E-state index contributed by atoms with van der Waals surface area (Å²) < 4.78 is 1.49. The first-order valence-electron chi connectivity index (χ1n) is 5.90. The van der Waals surface area contributed by atoms with Crippen LogP contribution in [0.4, 0.5) is 0 Å². The molecule has 0 spiro atoms. The van der Waals surface area contributed by atoms with Crippen LogP contribution in [0.2, 0.25) is 0 Å². The van der Waals surface area contributed by atoms with E-state index in [4.69, 9.17) is 0 Å². The highest BCUT2D eigenvalue weighted by Crippen LogP contribution is 2.43. The topological polar surface area (TPSA) is 0 Å². The Kier molecular flexibility index (Phi) is 2.28. The van der Waals surface area contributed by atoms with Gasteiger partial charge in [-0.2, -0.15) is 0 Å². The van der Waals surface area contributed by atoms with Gasteiger partial charge in [-0.25, -0.2) is 0 Å². The van der Waals surface area contributed by atoms with E-state index in [1.807, 2.05) is 11.3 Å². The van der Waals surface area contributed by atoms with Crippen LogP contribution in [-0.4, -0.2) is 0 Å². The second-order valence-corrected chi connectivity index (χ2v) is 5.57. The molecule has 3 rings (SSSR count). The van der Waals surface area contributed by atoms with Gasteiger partial charge >= 0.3 is 0 Å². The molecule has 78 valence electrons. The summed E-state index contributed by atoms with van der Waals surface area (Å²) in [6.07, 6.45) is 5.39. The Morgan fingerprint density at radius 1 is 1.33 bits per heavy atom. The molecule has 0 saturated heterocycles. The summed E-state index contributed by atoms with van der Waals surface area (Å²) in [6.45, 7) is 2.33. The second-order valence-electron chi connectivity index (χ2n) is 4.43. The third-order valence-corrected chi connectivity index (χ3v) is 4.81. The van der Waals surface area contributed by atoms with E-state index < -0.39 is 0 Å². The van der Waals surface area contributed by atoms with Crippen LogP contribution in [-0.2, 0) is 6.42 Å². The average Bonchev–Trinajstić information content (AvgIpc) is 2.67. The zero-order valence-electron chi connectivity index (χ0n) is 9.12. The van der Waals surface area contributed by atoms with Gasteiger partial charge < -0.3 is 0 Å². The van der Waals surface area contributed by atoms with Gasteiger partial charge in [0, 0.05) is 9.58 Å². The van der Waals surface area contributed by atoms with Crippen LogP contribution in [0, 0.1) is 0 Å².